The van der Waals surface area contributed by atoms with E-state index in [4.69, 9.17) is 4.74 Å². The molecular weight excluding hydrogens is 230 g/mol. The lowest BCUT2D eigenvalue weighted by Gasteiger charge is -2.18. The number of rotatable bonds is 4. The molecule has 0 spiro atoms. The van der Waals surface area contributed by atoms with Crippen LogP contribution in [0.4, 0.5) is 0 Å². The van der Waals surface area contributed by atoms with Gasteiger partial charge in [-0.15, -0.1) is 0 Å². The SMILES string of the molecule is COc1cc(C)cc(C)c1CNC(=O)C(C)(C)O. The maximum absolute atomic E-state index is 11.6. The molecule has 0 unspecified atom stereocenters. The molecule has 1 aromatic carbocycles. The topological polar surface area (TPSA) is 58.6 Å². The number of benzene rings is 1. The van der Waals surface area contributed by atoms with E-state index in [2.05, 4.69) is 5.32 Å². The zero-order valence-electron chi connectivity index (χ0n) is 11.6. The van der Waals surface area contributed by atoms with Gasteiger partial charge in [-0.2, -0.15) is 0 Å². The maximum Gasteiger partial charge on any atom is 0.251 e. The number of carbonyl (C=O) groups excluding carboxylic acids is 1. The van der Waals surface area contributed by atoms with E-state index in [9.17, 15) is 9.90 Å². The summed E-state index contributed by atoms with van der Waals surface area (Å²) in [4.78, 5) is 11.6. The number of amides is 1. The first-order chi connectivity index (χ1) is 8.25. The van der Waals surface area contributed by atoms with Gasteiger partial charge in [0.25, 0.3) is 5.91 Å². The summed E-state index contributed by atoms with van der Waals surface area (Å²) in [5.41, 5.74) is 1.73. The average Bonchev–Trinajstić information content (AvgIpc) is 2.25. The van der Waals surface area contributed by atoms with Crippen LogP contribution in [0.15, 0.2) is 12.1 Å². The number of nitrogens with one attached hydrogen (secondary N) is 1. The van der Waals surface area contributed by atoms with Crippen LogP contribution in [-0.2, 0) is 11.3 Å². The Morgan fingerprint density at radius 2 is 2.00 bits per heavy atom. The Labute approximate surface area is 108 Å². The van der Waals surface area contributed by atoms with Crippen molar-refractivity contribution in [2.75, 3.05) is 7.11 Å². The molecule has 18 heavy (non-hydrogen) atoms. The number of aryl methyl sites for hydroxylation is 2. The molecule has 2 N–H and O–H groups in total. The number of carbonyl (C=O) groups is 1. The molecule has 0 radical (unpaired) electrons. The van der Waals surface area contributed by atoms with E-state index in [0.29, 0.717) is 6.54 Å². The first-order valence-electron chi connectivity index (χ1n) is 5.90. The molecule has 0 saturated carbocycles. The van der Waals surface area contributed by atoms with Gasteiger partial charge in [0, 0.05) is 12.1 Å². The van der Waals surface area contributed by atoms with Gasteiger partial charge < -0.3 is 15.2 Å². The standard InChI is InChI=1S/C14H21NO3/c1-9-6-10(2)11(12(7-9)18-5)8-15-13(16)14(3,4)17/h6-7,17H,8H2,1-5H3,(H,15,16). The largest absolute Gasteiger partial charge is 0.496 e. The lowest BCUT2D eigenvalue weighted by Crippen LogP contribution is -2.41. The van der Waals surface area contributed by atoms with Crippen LogP contribution in [-0.4, -0.2) is 23.7 Å². The summed E-state index contributed by atoms with van der Waals surface area (Å²) in [5.74, 6) is 0.355. The van der Waals surface area contributed by atoms with Crippen LogP contribution in [0.2, 0.25) is 0 Å². The van der Waals surface area contributed by atoms with Crippen molar-refractivity contribution in [2.24, 2.45) is 0 Å². The van der Waals surface area contributed by atoms with Gasteiger partial charge in [0.1, 0.15) is 11.4 Å². The summed E-state index contributed by atoms with van der Waals surface area (Å²) in [6.45, 7) is 7.23. The summed E-state index contributed by atoms with van der Waals surface area (Å²) < 4.78 is 5.31. The Morgan fingerprint density at radius 1 is 1.39 bits per heavy atom. The van der Waals surface area contributed by atoms with Gasteiger partial charge in [-0.05, 0) is 44.9 Å². The number of hydrogen-bond acceptors (Lipinski definition) is 3. The smallest absolute Gasteiger partial charge is 0.251 e. The highest BCUT2D eigenvalue weighted by Gasteiger charge is 2.23. The summed E-state index contributed by atoms with van der Waals surface area (Å²) in [6, 6.07) is 3.96. The van der Waals surface area contributed by atoms with Crippen LogP contribution in [0.5, 0.6) is 5.75 Å². The van der Waals surface area contributed by atoms with E-state index in [0.717, 1.165) is 22.4 Å². The lowest BCUT2D eigenvalue weighted by molar-refractivity contribution is -0.136. The fraction of sp³-hybridized carbons (Fsp3) is 0.500. The molecule has 1 rings (SSSR count). The van der Waals surface area contributed by atoms with E-state index in [-0.39, 0.29) is 0 Å². The van der Waals surface area contributed by atoms with Gasteiger partial charge in [-0.3, -0.25) is 4.79 Å². The van der Waals surface area contributed by atoms with E-state index >= 15 is 0 Å². The first kappa shape index (κ1) is 14.5. The third-order valence-electron chi connectivity index (χ3n) is 2.78. The minimum absolute atomic E-state index is 0.345. The highest BCUT2D eigenvalue weighted by molar-refractivity contribution is 5.83. The summed E-state index contributed by atoms with van der Waals surface area (Å²) >= 11 is 0. The summed E-state index contributed by atoms with van der Waals surface area (Å²) in [7, 11) is 1.61. The molecule has 0 aromatic heterocycles. The second-order valence-corrected chi connectivity index (χ2v) is 5.00. The van der Waals surface area contributed by atoms with Gasteiger partial charge in [0.05, 0.1) is 7.11 Å². The van der Waals surface area contributed by atoms with Crippen molar-refractivity contribution < 1.29 is 14.6 Å². The van der Waals surface area contributed by atoms with E-state index < -0.39 is 11.5 Å². The van der Waals surface area contributed by atoms with Crippen LogP contribution < -0.4 is 10.1 Å². The van der Waals surface area contributed by atoms with Crippen LogP contribution in [0, 0.1) is 13.8 Å². The van der Waals surface area contributed by atoms with Crippen molar-refractivity contribution in [1.82, 2.24) is 5.32 Å². The van der Waals surface area contributed by atoms with E-state index in [1.807, 2.05) is 26.0 Å². The Morgan fingerprint density at radius 3 is 2.50 bits per heavy atom. The fourth-order valence-corrected chi connectivity index (χ4v) is 1.75. The van der Waals surface area contributed by atoms with Crippen LogP contribution in [0.1, 0.15) is 30.5 Å². The first-order valence-corrected chi connectivity index (χ1v) is 5.90. The predicted octanol–water partition coefficient (Wildman–Crippen LogP) is 1.70. The molecule has 0 aliphatic carbocycles. The molecule has 1 aromatic rings. The maximum atomic E-state index is 11.6. The van der Waals surface area contributed by atoms with E-state index in [1.165, 1.54) is 13.8 Å². The zero-order valence-corrected chi connectivity index (χ0v) is 11.6. The third kappa shape index (κ3) is 3.47. The van der Waals surface area contributed by atoms with Crippen molar-refractivity contribution in [3.63, 3.8) is 0 Å². The molecule has 100 valence electrons. The predicted molar refractivity (Wildman–Crippen MR) is 70.6 cm³/mol. The molecular formula is C14H21NO3. The van der Waals surface area contributed by atoms with Crippen LogP contribution in [0.3, 0.4) is 0 Å². The van der Waals surface area contributed by atoms with Crippen molar-refractivity contribution in [1.29, 1.82) is 0 Å². The Balaban J connectivity index is 2.88. The molecule has 0 heterocycles. The van der Waals surface area contributed by atoms with Crippen molar-refractivity contribution in [2.45, 2.75) is 39.8 Å². The monoisotopic (exact) mass is 251 g/mol. The molecule has 4 nitrogen and oxygen atoms in total. The number of hydrogen-bond donors (Lipinski definition) is 2. The number of methoxy groups -OCH3 is 1. The van der Waals surface area contributed by atoms with Gasteiger partial charge >= 0.3 is 0 Å². The highest BCUT2D eigenvalue weighted by Crippen LogP contribution is 2.24. The van der Waals surface area contributed by atoms with Gasteiger partial charge in [0.15, 0.2) is 0 Å². The third-order valence-corrected chi connectivity index (χ3v) is 2.78. The molecule has 4 heteroatoms. The zero-order chi connectivity index (χ0) is 13.9. The van der Waals surface area contributed by atoms with Crippen LogP contribution in [0.25, 0.3) is 0 Å². The summed E-state index contributed by atoms with van der Waals surface area (Å²) in [6.07, 6.45) is 0. The molecule has 0 fully saturated rings. The van der Waals surface area contributed by atoms with E-state index in [1.54, 1.807) is 7.11 Å². The van der Waals surface area contributed by atoms with Gasteiger partial charge in [0.2, 0.25) is 0 Å². The van der Waals surface area contributed by atoms with Gasteiger partial charge in [-0.1, -0.05) is 6.07 Å². The Kier molecular flexibility index (Phi) is 4.35. The molecule has 0 atom stereocenters. The minimum atomic E-state index is -1.37. The molecule has 0 aliphatic rings. The average molecular weight is 251 g/mol. The highest BCUT2D eigenvalue weighted by atomic mass is 16.5. The quantitative estimate of drug-likeness (QED) is 0.856. The normalized spacial score (nSPS) is 11.2. The molecule has 0 aliphatic heterocycles. The minimum Gasteiger partial charge on any atom is -0.496 e. The molecule has 1 amide bonds. The molecule has 0 saturated heterocycles. The number of aliphatic hydroxyl groups is 1. The Hall–Kier alpha value is -1.55. The van der Waals surface area contributed by atoms with Crippen molar-refractivity contribution >= 4 is 5.91 Å². The Bertz CT molecular complexity index is 447. The lowest BCUT2D eigenvalue weighted by atomic mass is 10.0. The van der Waals surface area contributed by atoms with Crippen molar-refractivity contribution in [3.05, 3.63) is 28.8 Å². The second-order valence-electron chi connectivity index (χ2n) is 5.00. The van der Waals surface area contributed by atoms with Gasteiger partial charge in [-0.25, -0.2) is 0 Å². The molecule has 0 bridgehead atoms. The number of ether oxygens (including phenoxy) is 1. The summed E-state index contributed by atoms with van der Waals surface area (Å²) in [5, 5.41) is 12.3. The second kappa shape index (κ2) is 5.40. The fourth-order valence-electron chi connectivity index (χ4n) is 1.75. The van der Waals surface area contributed by atoms with Crippen molar-refractivity contribution in [3.8, 4) is 5.75 Å². The van der Waals surface area contributed by atoms with Crippen LogP contribution >= 0.6 is 0 Å².